The number of hydrogen-bond acceptors (Lipinski definition) is 5. The van der Waals surface area contributed by atoms with Gasteiger partial charge in [-0.25, -0.2) is 4.68 Å². The van der Waals surface area contributed by atoms with Gasteiger partial charge < -0.3 is 14.7 Å². The van der Waals surface area contributed by atoms with Crippen LogP contribution in [0.2, 0.25) is 0 Å². The molecule has 1 aliphatic heterocycles. The number of benzene rings is 1. The Morgan fingerprint density at radius 1 is 1.32 bits per heavy atom. The lowest BCUT2D eigenvalue weighted by atomic mass is 9.92. The maximum Gasteiger partial charge on any atom is 0.224 e. The number of aromatic nitrogens is 3. The maximum absolute atomic E-state index is 12.4. The third-order valence-corrected chi connectivity index (χ3v) is 4.41. The van der Waals surface area contributed by atoms with Gasteiger partial charge in [-0.3, -0.25) is 4.79 Å². The molecule has 1 atom stereocenters. The van der Waals surface area contributed by atoms with E-state index >= 15 is 0 Å². The number of rotatable bonds is 7. The minimum Gasteiger partial charge on any atom is -0.386 e. The van der Waals surface area contributed by atoms with Gasteiger partial charge in [-0.1, -0.05) is 35.5 Å². The van der Waals surface area contributed by atoms with Crippen molar-refractivity contribution in [3.8, 4) is 0 Å². The molecule has 1 unspecified atom stereocenters. The summed E-state index contributed by atoms with van der Waals surface area (Å²) in [5, 5.41) is 18.4. The van der Waals surface area contributed by atoms with Crippen molar-refractivity contribution in [2.24, 2.45) is 0 Å². The Hall–Kier alpha value is -2.25. The number of amides is 1. The summed E-state index contributed by atoms with van der Waals surface area (Å²) < 4.78 is 7.19. The van der Waals surface area contributed by atoms with Gasteiger partial charge in [0.2, 0.25) is 5.91 Å². The van der Waals surface area contributed by atoms with E-state index in [0.717, 1.165) is 12.0 Å². The van der Waals surface area contributed by atoms with Gasteiger partial charge in [0.05, 0.1) is 38.9 Å². The van der Waals surface area contributed by atoms with Crippen LogP contribution in [0.3, 0.4) is 0 Å². The predicted octanol–water partition coefficient (Wildman–Crippen LogP) is 1.24. The molecule has 1 fully saturated rings. The van der Waals surface area contributed by atoms with Gasteiger partial charge in [0, 0.05) is 12.7 Å². The highest BCUT2D eigenvalue weighted by Gasteiger charge is 2.35. The van der Waals surface area contributed by atoms with Crippen molar-refractivity contribution in [1.82, 2.24) is 19.9 Å². The summed E-state index contributed by atoms with van der Waals surface area (Å²) in [4.78, 5) is 14.1. The number of aliphatic hydroxyl groups is 1. The molecular formula is C18H24N4O3. The summed E-state index contributed by atoms with van der Waals surface area (Å²) in [7, 11) is 0. The molecule has 1 aromatic heterocycles. The van der Waals surface area contributed by atoms with Crippen LogP contribution in [0, 0.1) is 0 Å². The number of hydrogen-bond donors (Lipinski definition) is 1. The third kappa shape index (κ3) is 5.11. The van der Waals surface area contributed by atoms with Gasteiger partial charge in [0.15, 0.2) is 0 Å². The van der Waals surface area contributed by atoms with Crippen molar-refractivity contribution < 1.29 is 14.6 Å². The SMILES string of the molecule is O=C(CCOCc1ccccc1)N1CCCC(O)(Cn2ccnn2)C1. The summed E-state index contributed by atoms with van der Waals surface area (Å²) in [5.41, 5.74) is 0.141. The van der Waals surface area contributed by atoms with Crippen LogP contribution in [0.1, 0.15) is 24.8 Å². The quantitative estimate of drug-likeness (QED) is 0.765. The second-order valence-corrected chi connectivity index (χ2v) is 6.53. The Labute approximate surface area is 147 Å². The fraction of sp³-hybridized carbons (Fsp3) is 0.500. The van der Waals surface area contributed by atoms with Crippen LogP contribution in [-0.4, -0.2) is 56.2 Å². The zero-order valence-corrected chi connectivity index (χ0v) is 14.3. The summed E-state index contributed by atoms with van der Waals surface area (Å²) >= 11 is 0. The Bertz CT molecular complexity index is 662. The topological polar surface area (TPSA) is 80.5 Å². The van der Waals surface area contributed by atoms with Crippen LogP contribution in [0.4, 0.5) is 0 Å². The second kappa shape index (κ2) is 8.22. The van der Waals surface area contributed by atoms with E-state index in [1.165, 1.54) is 0 Å². The van der Waals surface area contributed by atoms with Gasteiger partial charge in [-0.2, -0.15) is 0 Å². The van der Waals surface area contributed by atoms with Crippen molar-refractivity contribution in [2.75, 3.05) is 19.7 Å². The van der Waals surface area contributed by atoms with Crippen LogP contribution < -0.4 is 0 Å². The molecule has 7 nitrogen and oxygen atoms in total. The number of carbonyl (C=O) groups is 1. The maximum atomic E-state index is 12.4. The van der Waals surface area contributed by atoms with Crippen molar-refractivity contribution in [3.63, 3.8) is 0 Å². The lowest BCUT2D eigenvalue weighted by Crippen LogP contribution is -2.52. The Morgan fingerprint density at radius 2 is 2.16 bits per heavy atom. The van der Waals surface area contributed by atoms with Crippen LogP contribution in [0.5, 0.6) is 0 Å². The van der Waals surface area contributed by atoms with Gasteiger partial charge in [0.25, 0.3) is 0 Å². The van der Waals surface area contributed by atoms with E-state index in [9.17, 15) is 9.90 Å². The molecule has 3 rings (SSSR count). The number of piperidine rings is 1. The van der Waals surface area contributed by atoms with E-state index in [1.807, 2.05) is 30.3 Å². The van der Waals surface area contributed by atoms with E-state index < -0.39 is 5.60 Å². The zero-order valence-electron chi connectivity index (χ0n) is 14.3. The number of β-amino-alcohol motifs (C(OH)–C–C–N with tert-alkyl or cyclic N) is 1. The van der Waals surface area contributed by atoms with Crippen molar-refractivity contribution in [1.29, 1.82) is 0 Å². The molecule has 1 N–H and O–H groups in total. The fourth-order valence-corrected chi connectivity index (χ4v) is 3.15. The van der Waals surface area contributed by atoms with Crippen LogP contribution >= 0.6 is 0 Å². The molecule has 0 bridgehead atoms. The molecule has 0 spiro atoms. The summed E-state index contributed by atoms with van der Waals surface area (Å²) in [6, 6.07) is 9.89. The first kappa shape index (κ1) is 17.6. The number of ether oxygens (including phenoxy) is 1. The molecule has 134 valence electrons. The predicted molar refractivity (Wildman–Crippen MR) is 91.5 cm³/mol. The van der Waals surface area contributed by atoms with E-state index in [4.69, 9.17) is 4.74 Å². The third-order valence-electron chi connectivity index (χ3n) is 4.41. The van der Waals surface area contributed by atoms with Crippen LogP contribution in [0.15, 0.2) is 42.7 Å². The number of likely N-dealkylation sites (tertiary alicyclic amines) is 1. The Morgan fingerprint density at radius 3 is 2.92 bits per heavy atom. The molecule has 2 aromatic rings. The highest BCUT2D eigenvalue weighted by molar-refractivity contribution is 5.76. The Balaban J connectivity index is 1.43. The minimum atomic E-state index is -0.952. The van der Waals surface area contributed by atoms with E-state index in [2.05, 4.69) is 10.3 Å². The molecular weight excluding hydrogens is 320 g/mol. The fourth-order valence-electron chi connectivity index (χ4n) is 3.15. The largest absolute Gasteiger partial charge is 0.386 e. The van der Waals surface area contributed by atoms with Crippen molar-refractivity contribution in [3.05, 3.63) is 48.3 Å². The average molecular weight is 344 g/mol. The molecule has 1 saturated heterocycles. The lowest BCUT2D eigenvalue weighted by molar-refractivity contribution is -0.140. The van der Waals surface area contributed by atoms with Crippen LogP contribution in [-0.2, 0) is 22.7 Å². The minimum absolute atomic E-state index is 0.0183. The number of nitrogens with zero attached hydrogens (tertiary/aromatic N) is 4. The van der Waals surface area contributed by atoms with E-state index in [0.29, 0.717) is 45.7 Å². The van der Waals surface area contributed by atoms with Crippen molar-refractivity contribution in [2.45, 2.75) is 38.0 Å². The molecule has 0 aliphatic carbocycles. The second-order valence-electron chi connectivity index (χ2n) is 6.53. The van der Waals surface area contributed by atoms with Crippen LogP contribution in [0.25, 0.3) is 0 Å². The summed E-state index contributed by atoms with van der Waals surface area (Å²) in [5.74, 6) is 0.0183. The van der Waals surface area contributed by atoms with Gasteiger partial charge >= 0.3 is 0 Å². The number of carbonyl (C=O) groups excluding carboxylic acids is 1. The molecule has 1 amide bonds. The molecule has 1 aromatic carbocycles. The smallest absolute Gasteiger partial charge is 0.224 e. The van der Waals surface area contributed by atoms with E-state index in [1.54, 1.807) is 22.0 Å². The first-order valence-electron chi connectivity index (χ1n) is 8.61. The Kier molecular flexibility index (Phi) is 5.78. The summed E-state index contributed by atoms with van der Waals surface area (Å²) in [6.07, 6.45) is 5.06. The van der Waals surface area contributed by atoms with E-state index in [-0.39, 0.29) is 5.91 Å². The molecule has 0 saturated carbocycles. The molecule has 1 aliphatic rings. The monoisotopic (exact) mass is 344 g/mol. The molecule has 2 heterocycles. The first-order valence-corrected chi connectivity index (χ1v) is 8.61. The van der Waals surface area contributed by atoms with Crippen molar-refractivity contribution >= 4 is 5.91 Å². The average Bonchev–Trinajstić information content (AvgIpc) is 3.11. The molecule has 25 heavy (non-hydrogen) atoms. The first-order chi connectivity index (χ1) is 12.1. The van der Waals surface area contributed by atoms with Gasteiger partial charge in [0.1, 0.15) is 5.60 Å². The zero-order chi connectivity index (χ0) is 17.5. The highest BCUT2D eigenvalue weighted by Crippen LogP contribution is 2.23. The highest BCUT2D eigenvalue weighted by atomic mass is 16.5. The molecule has 7 heteroatoms. The van der Waals surface area contributed by atoms with Gasteiger partial charge in [-0.15, -0.1) is 5.10 Å². The van der Waals surface area contributed by atoms with Gasteiger partial charge in [-0.05, 0) is 18.4 Å². The molecule has 0 radical (unpaired) electrons. The standard InChI is InChI=1S/C18H24N4O3/c23-17(7-12-25-13-16-5-2-1-3-6-16)21-10-4-8-18(24,14-21)15-22-11-9-19-20-22/h1-3,5-6,9,11,24H,4,7-8,10,12-15H2. The summed E-state index contributed by atoms with van der Waals surface area (Å²) in [6.45, 7) is 2.24. The normalized spacial score (nSPS) is 20.6. The lowest BCUT2D eigenvalue weighted by Gasteiger charge is -2.39.